The molecule has 1 atom stereocenters. The highest BCUT2D eigenvalue weighted by molar-refractivity contribution is 5.37. The van der Waals surface area contributed by atoms with Crippen molar-refractivity contribution in [2.75, 3.05) is 18.0 Å². The molecule has 0 radical (unpaired) electrons. The lowest BCUT2D eigenvalue weighted by Gasteiger charge is -2.17. The van der Waals surface area contributed by atoms with E-state index >= 15 is 4.39 Å². The van der Waals surface area contributed by atoms with Gasteiger partial charge in [-0.25, -0.2) is 14.4 Å². The van der Waals surface area contributed by atoms with Gasteiger partial charge in [-0.2, -0.15) is 10.2 Å². The first-order valence-corrected chi connectivity index (χ1v) is 7.19. The summed E-state index contributed by atoms with van der Waals surface area (Å²) in [6.45, 7) is 0.487. The van der Waals surface area contributed by atoms with Crippen molar-refractivity contribution in [2.24, 2.45) is 0 Å². The number of hydrogen-bond acceptors (Lipinski definition) is 7. The predicted octanol–water partition coefficient (Wildman–Crippen LogP) is 1.68. The first-order valence-electron chi connectivity index (χ1n) is 7.19. The van der Waals surface area contributed by atoms with Crippen molar-refractivity contribution in [3.05, 3.63) is 29.7 Å². The minimum Gasteiger partial charge on any atom is -0.337 e. The van der Waals surface area contributed by atoms with E-state index in [2.05, 4.69) is 20.1 Å². The molecule has 0 amide bonds. The second-order valence-corrected chi connectivity index (χ2v) is 5.72. The summed E-state index contributed by atoms with van der Waals surface area (Å²) in [6, 6.07) is 3.47. The molecule has 1 aliphatic heterocycles. The van der Waals surface area contributed by atoms with Crippen molar-refractivity contribution in [1.82, 2.24) is 20.1 Å². The van der Waals surface area contributed by atoms with E-state index in [0.717, 1.165) is 12.8 Å². The summed E-state index contributed by atoms with van der Waals surface area (Å²) in [4.78, 5) is 14.1. The van der Waals surface area contributed by atoms with Crippen LogP contribution in [0.1, 0.15) is 42.6 Å². The maximum absolute atomic E-state index is 15.1. The molecule has 0 aromatic carbocycles. The zero-order chi connectivity index (χ0) is 15.2. The summed E-state index contributed by atoms with van der Waals surface area (Å²) >= 11 is 0. The van der Waals surface area contributed by atoms with Crippen molar-refractivity contribution < 1.29 is 8.91 Å². The first-order chi connectivity index (χ1) is 10.7. The van der Waals surface area contributed by atoms with Crippen molar-refractivity contribution in [1.29, 1.82) is 5.26 Å². The molecule has 4 rings (SSSR count). The summed E-state index contributed by atoms with van der Waals surface area (Å²) < 4.78 is 20.2. The molecule has 8 heteroatoms. The van der Waals surface area contributed by atoms with Gasteiger partial charge in [-0.1, -0.05) is 5.16 Å². The number of hydrogen-bond donors (Lipinski definition) is 0. The van der Waals surface area contributed by atoms with Crippen LogP contribution in [-0.4, -0.2) is 33.2 Å². The number of halogens is 1. The molecule has 2 aromatic heterocycles. The van der Waals surface area contributed by atoms with E-state index in [4.69, 9.17) is 9.78 Å². The molecule has 1 unspecified atom stereocenters. The van der Waals surface area contributed by atoms with Crippen LogP contribution >= 0.6 is 0 Å². The van der Waals surface area contributed by atoms with Crippen LogP contribution in [0.25, 0.3) is 0 Å². The van der Waals surface area contributed by atoms with Crippen molar-refractivity contribution >= 4 is 5.95 Å². The highest BCUT2D eigenvalue weighted by Gasteiger charge is 2.46. The van der Waals surface area contributed by atoms with E-state index in [1.54, 1.807) is 4.90 Å². The van der Waals surface area contributed by atoms with Crippen LogP contribution < -0.4 is 4.90 Å². The van der Waals surface area contributed by atoms with Crippen LogP contribution in [0.15, 0.2) is 16.8 Å². The Labute approximate surface area is 125 Å². The molecule has 1 saturated carbocycles. The monoisotopic (exact) mass is 300 g/mol. The summed E-state index contributed by atoms with van der Waals surface area (Å²) in [6.07, 6.45) is 3.81. The van der Waals surface area contributed by atoms with Crippen molar-refractivity contribution in [3.8, 4) is 6.07 Å². The Morgan fingerprint density at radius 3 is 3.05 bits per heavy atom. The van der Waals surface area contributed by atoms with E-state index < -0.39 is 5.67 Å². The van der Waals surface area contributed by atoms with Crippen LogP contribution in [0.4, 0.5) is 10.3 Å². The van der Waals surface area contributed by atoms with Gasteiger partial charge in [0, 0.05) is 25.1 Å². The zero-order valence-corrected chi connectivity index (χ0v) is 11.7. The molecule has 3 heterocycles. The third-order valence-corrected chi connectivity index (χ3v) is 4.03. The van der Waals surface area contributed by atoms with E-state index in [1.807, 2.05) is 6.07 Å². The second kappa shape index (κ2) is 4.73. The Morgan fingerprint density at radius 2 is 2.27 bits per heavy atom. The van der Waals surface area contributed by atoms with E-state index in [1.165, 1.54) is 12.3 Å². The molecule has 2 aliphatic rings. The van der Waals surface area contributed by atoms with Crippen LogP contribution in [0.5, 0.6) is 0 Å². The summed E-state index contributed by atoms with van der Waals surface area (Å²) in [5, 5.41) is 12.8. The van der Waals surface area contributed by atoms with E-state index in [9.17, 15) is 0 Å². The van der Waals surface area contributed by atoms with Crippen molar-refractivity contribution in [2.45, 2.75) is 30.8 Å². The quantitative estimate of drug-likeness (QED) is 0.851. The Balaban J connectivity index is 1.56. The molecule has 0 N–H and O–H groups in total. The third kappa shape index (κ3) is 2.19. The van der Waals surface area contributed by atoms with Gasteiger partial charge in [0.1, 0.15) is 11.8 Å². The number of anilines is 1. The molecule has 0 spiro atoms. The summed E-state index contributed by atoms with van der Waals surface area (Å²) in [7, 11) is 0. The molecular formula is C14H13FN6O. The van der Waals surface area contributed by atoms with Crippen molar-refractivity contribution in [3.63, 3.8) is 0 Å². The maximum atomic E-state index is 15.1. The van der Waals surface area contributed by atoms with Gasteiger partial charge in [0.25, 0.3) is 5.89 Å². The number of aromatic nitrogens is 4. The van der Waals surface area contributed by atoms with Gasteiger partial charge < -0.3 is 9.42 Å². The minimum absolute atomic E-state index is 0.0355. The fourth-order valence-electron chi connectivity index (χ4n) is 2.61. The van der Waals surface area contributed by atoms with Crippen LogP contribution in [0.2, 0.25) is 0 Å². The normalized spacial score (nSPS) is 24.5. The molecule has 1 saturated heterocycles. The van der Waals surface area contributed by atoms with Gasteiger partial charge in [0.05, 0.1) is 6.54 Å². The van der Waals surface area contributed by atoms with Gasteiger partial charge in [-0.05, 0) is 18.9 Å². The molecule has 1 aliphatic carbocycles. The SMILES string of the molecule is N#Cc1ccnc(N2CCC(F)(c3nc(C4CC4)no3)C2)n1. The lowest BCUT2D eigenvalue weighted by molar-refractivity contribution is 0.135. The number of nitrogens with zero attached hydrogens (tertiary/aromatic N) is 6. The zero-order valence-electron chi connectivity index (χ0n) is 11.7. The third-order valence-electron chi connectivity index (χ3n) is 4.03. The molecule has 7 nitrogen and oxygen atoms in total. The first kappa shape index (κ1) is 13.1. The molecular weight excluding hydrogens is 287 g/mol. The van der Waals surface area contributed by atoms with Crippen LogP contribution in [-0.2, 0) is 5.67 Å². The average Bonchev–Trinajstić information content (AvgIpc) is 3.12. The predicted molar refractivity (Wildman–Crippen MR) is 72.6 cm³/mol. The van der Waals surface area contributed by atoms with Gasteiger partial charge in [-0.15, -0.1) is 0 Å². The smallest absolute Gasteiger partial charge is 0.266 e. The molecule has 2 fully saturated rings. The Kier molecular flexibility index (Phi) is 2.82. The summed E-state index contributed by atoms with van der Waals surface area (Å²) in [5.74, 6) is 1.32. The van der Waals surface area contributed by atoms with Crippen LogP contribution in [0.3, 0.4) is 0 Å². The molecule has 0 bridgehead atoms. The fourth-order valence-corrected chi connectivity index (χ4v) is 2.61. The maximum Gasteiger partial charge on any atom is 0.266 e. The van der Waals surface area contributed by atoms with Gasteiger partial charge >= 0.3 is 0 Å². The van der Waals surface area contributed by atoms with E-state index in [-0.39, 0.29) is 24.6 Å². The summed E-state index contributed by atoms with van der Waals surface area (Å²) in [5.41, 5.74) is -1.43. The topological polar surface area (TPSA) is 91.7 Å². The Bertz CT molecular complexity index is 752. The lowest BCUT2D eigenvalue weighted by Crippen LogP contribution is -2.28. The minimum atomic E-state index is -1.69. The molecule has 112 valence electrons. The fraction of sp³-hybridized carbons (Fsp3) is 0.500. The number of nitriles is 1. The largest absolute Gasteiger partial charge is 0.337 e. The molecule has 2 aromatic rings. The van der Waals surface area contributed by atoms with Crippen LogP contribution in [0, 0.1) is 11.3 Å². The van der Waals surface area contributed by atoms with Gasteiger partial charge in [0.15, 0.2) is 5.82 Å². The van der Waals surface area contributed by atoms with Gasteiger partial charge in [-0.3, -0.25) is 0 Å². The highest BCUT2D eigenvalue weighted by atomic mass is 19.1. The molecule has 22 heavy (non-hydrogen) atoms. The average molecular weight is 300 g/mol. The Hall–Kier alpha value is -2.56. The number of alkyl halides is 1. The van der Waals surface area contributed by atoms with E-state index in [0.29, 0.717) is 24.2 Å². The number of rotatable bonds is 3. The highest BCUT2D eigenvalue weighted by Crippen LogP contribution is 2.41. The van der Waals surface area contributed by atoms with Gasteiger partial charge in [0.2, 0.25) is 11.6 Å². The second-order valence-electron chi connectivity index (χ2n) is 5.72. The lowest BCUT2D eigenvalue weighted by atomic mass is 10.1. The standard InChI is InChI=1S/C14H13FN6O/c15-14(12-19-11(20-22-12)9-1-2-9)4-6-21(8-14)13-17-5-3-10(7-16)18-13/h3,5,9H,1-2,4,6,8H2. The Morgan fingerprint density at radius 1 is 1.41 bits per heavy atom.